The number of amides is 1. The molecule has 1 aromatic heterocycles. The van der Waals surface area contributed by atoms with Crippen molar-refractivity contribution < 1.29 is 19.4 Å². The van der Waals surface area contributed by atoms with Gasteiger partial charge in [0.1, 0.15) is 5.54 Å². The minimum Gasteiger partial charge on any atom is -0.479 e. The van der Waals surface area contributed by atoms with Gasteiger partial charge >= 0.3 is 5.97 Å². The number of aryl methyl sites for hydroxylation is 2. The van der Waals surface area contributed by atoms with Crippen molar-refractivity contribution >= 4 is 23.2 Å². The van der Waals surface area contributed by atoms with E-state index in [0.29, 0.717) is 17.9 Å². The monoisotopic (exact) mass is 367 g/mol. The number of thiophene rings is 1. The zero-order chi connectivity index (χ0) is 18.8. The number of ether oxygens (including phenoxy) is 1. The molecule has 1 saturated carbocycles. The first-order valence-electron chi connectivity index (χ1n) is 9.02. The average Bonchev–Trinajstić information content (AvgIpc) is 2.96. The van der Waals surface area contributed by atoms with Crippen molar-refractivity contribution in [2.24, 2.45) is 5.41 Å². The van der Waals surface area contributed by atoms with Crippen LogP contribution in [-0.4, -0.2) is 35.2 Å². The van der Waals surface area contributed by atoms with Crippen LogP contribution in [0.4, 0.5) is 0 Å². The van der Waals surface area contributed by atoms with E-state index in [1.807, 2.05) is 26.8 Å². The van der Waals surface area contributed by atoms with Crippen LogP contribution in [0.15, 0.2) is 6.07 Å². The summed E-state index contributed by atoms with van der Waals surface area (Å²) in [6, 6.07) is 1.91. The van der Waals surface area contributed by atoms with Gasteiger partial charge in [-0.2, -0.15) is 0 Å². The number of hydrogen-bond donors (Lipinski definition) is 2. The summed E-state index contributed by atoms with van der Waals surface area (Å²) in [7, 11) is 0. The molecule has 0 saturated heterocycles. The number of rotatable bonds is 8. The zero-order valence-electron chi connectivity index (χ0n) is 15.8. The van der Waals surface area contributed by atoms with E-state index in [0.717, 1.165) is 19.3 Å². The smallest absolute Gasteiger partial charge is 0.330 e. The van der Waals surface area contributed by atoms with E-state index >= 15 is 0 Å². The molecule has 5 nitrogen and oxygen atoms in total. The molecule has 0 aliphatic heterocycles. The van der Waals surface area contributed by atoms with E-state index in [4.69, 9.17) is 4.74 Å². The van der Waals surface area contributed by atoms with Gasteiger partial charge in [0.15, 0.2) is 0 Å². The Morgan fingerprint density at radius 2 is 2.04 bits per heavy atom. The SMILES string of the molecule is CCCc1sc(C(=O)NC2(C(=O)O)CC(OCC)C2(C)C)cc1CC. The number of carbonyl (C=O) groups is 2. The van der Waals surface area contributed by atoms with Gasteiger partial charge in [0.05, 0.1) is 11.0 Å². The third-order valence-corrected chi connectivity index (χ3v) is 6.67. The van der Waals surface area contributed by atoms with Crippen molar-refractivity contribution in [2.45, 2.75) is 71.9 Å². The number of carboxylic acids is 1. The minimum absolute atomic E-state index is 0.168. The Labute approximate surface area is 153 Å². The predicted octanol–water partition coefficient (Wildman–Crippen LogP) is 3.65. The molecule has 140 valence electrons. The lowest BCUT2D eigenvalue weighted by Gasteiger charge is -2.58. The molecule has 2 rings (SSSR count). The number of nitrogens with one attached hydrogen (secondary N) is 1. The summed E-state index contributed by atoms with van der Waals surface area (Å²) in [6.45, 7) is 10.3. The van der Waals surface area contributed by atoms with Crippen LogP contribution < -0.4 is 5.32 Å². The second-order valence-electron chi connectivity index (χ2n) is 7.20. The molecule has 1 aliphatic rings. The van der Waals surface area contributed by atoms with E-state index in [1.54, 1.807) is 0 Å². The Hall–Kier alpha value is -1.40. The van der Waals surface area contributed by atoms with Crippen LogP contribution in [0.2, 0.25) is 0 Å². The lowest BCUT2D eigenvalue weighted by molar-refractivity contribution is -0.190. The summed E-state index contributed by atoms with van der Waals surface area (Å²) in [5.74, 6) is -1.30. The van der Waals surface area contributed by atoms with Crippen LogP contribution in [-0.2, 0) is 22.4 Å². The largest absolute Gasteiger partial charge is 0.479 e. The van der Waals surface area contributed by atoms with Gasteiger partial charge in [-0.1, -0.05) is 34.1 Å². The van der Waals surface area contributed by atoms with Crippen molar-refractivity contribution in [3.63, 3.8) is 0 Å². The molecule has 2 unspecified atom stereocenters. The predicted molar refractivity (Wildman–Crippen MR) is 99.3 cm³/mol. The molecular weight excluding hydrogens is 338 g/mol. The fourth-order valence-corrected chi connectivity index (χ4v) is 4.86. The Morgan fingerprint density at radius 3 is 2.52 bits per heavy atom. The highest BCUT2D eigenvalue weighted by Crippen LogP contribution is 2.51. The molecule has 2 N–H and O–H groups in total. The molecular formula is C19H29NO4S. The van der Waals surface area contributed by atoms with Crippen molar-refractivity contribution in [3.8, 4) is 0 Å². The fraction of sp³-hybridized carbons (Fsp3) is 0.684. The number of hydrogen-bond acceptors (Lipinski definition) is 4. The highest BCUT2D eigenvalue weighted by atomic mass is 32.1. The van der Waals surface area contributed by atoms with Gasteiger partial charge in [-0.15, -0.1) is 11.3 Å². The molecule has 1 aromatic rings. The van der Waals surface area contributed by atoms with Crippen LogP contribution >= 0.6 is 11.3 Å². The van der Waals surface area contributed by atoms with Crippen LogP contribution in [0, 0.1) is 5.41 Å². The maximum atomic E-state index is 12.8. The quantitative estimate of drug-likeness (QED) is 0.735. The van der Waals surface area contributed by atoms with Gasteiger partial charge in [-0.3, -0.25) is 4.79 Å². The summed E-state index contributed by atoms with van der Waals surface area (Å²) in [4.78, 5) is 26.6. The lowest BCUT2D eigenvalue weighted by Crippen LogP contribution is -2.76. The first kappa shape index (κ1) is 19.9. The van der Waals surface area contributed by atoms with Gasteiger partial charge in [0.25, 0.3) is 5.91 Å². The summed E-state index contributed by atoms with van der Waals surface area (Å²) < 4.78 is 5.65. The van der Waals surface area contributed by atoms with Crippen molar-refractivity contribution in [3.05, 3.63) is 21.4 Å². The molecule has 1 heterocycles. The van der Waals surface area contributed by atoms with Crippen LogP contribution in [0.25, 0.3) is 0 Å². The molecule has 0 spiro atoms. The third-order valence-electron chi connectivity index (χ3n) is 5.43. The average molecular weight is 368 g/mol. The van der Waals surface area contributed by atoms with Crippen LogP contribution in [0.1, 0.15) is 67.6 Å². The Morgan fingerprint density at radius 1 is 1.36 bits per heavy atom. The summed E-state index contributed by atoms with van der Waals surface area (Å²) >= 11 is 1.48. The van der Waals surface area contributed by atoms with E-state index in [1.165, 1.54) is 21.8 Å². The number of aliphatic carboxylic acids is 1. The Balaban J connectivity index is 2.24. The van der Waals surface area contributed by atoms with Gasteiger partial charge in [0, 0.05) is 23.3 Å². The zero-order valence-corrected chi connectivity index (χ0v) is 16.6. The minimum atomic E-state index is -1.29. The molecule has 25 heavy (non-hydrogen) atoms. The fourth-order valence-electron chi connectivity index (χ4n) is 3.61. The molecule has 1 aliphatic carbocycles. The molecule has 6 heteroatoms. The molecule has 0 radical (unpaired) electrons. The Kier molecular flexibility index (Phi) is 5.94. The lowest BCUT2D eigenvalue weighted by atomic mass is 9.54. The highest BCUT2D eigenvalue weighted by Gasteiger charge is 2.66. The van der Waals surface area contributed by atoms with Gasteiger partial charge in [-0.05, 0) is 31.4 Å². The van der Waals surface area contributed by atoms with Crippen molar-refractivity contribution in [1.29, 1.82) is 0 Å². The van der Waals surface area contributed by atoms with E-state index < -0.39 is 16.9 Å². The first-order chi connectivity index (χ1) is 11.7. The number of carbonyl (C=O) groups excluding carboxylic acids is 1. The van der Waals surface area contributed by atoms with Gasteiger partial charge in [-0.25, -0.2) is 4.79 Å². The molecule has 1 amide bonds. The Bertz CT molecular complexity index is 652. The second-order valence-corrected chi connectivity index (χ2v) is 8.33. The van der Waals surface area contributed by atoms with Crippen LogP contribution in [0.5, 0.6) is 0 Å². The summed E-state index contributed by atoms with van der Waals surface area (Å²) in [5, 5.41) is 12.6. The normalized spacial score (nSPS) is 24.6. The molecule has 0 bridgehead atoms. The topological polar surface area (TPSA) is 75.6 Å². The second kappa shape index (κ2) is 7.46. The van der Waals surface area contributed by atoms with Crippen molar-refractivity contribution in [1.82, 2.24) is 5.32 Å². The van der Waals surface area contributed by atoms with E-state index in [9.17, 15) is 14.7 Å². The first-order valence-corrected chi connectivity index (χ1v) is 9.84. The summed E-state index contributed by atoms with van der Waals surface area (Å²) in [5.41, 5.74) is -0.770. The van der Waals surface area contributed by atoms with Gasteiger partial charge in [0.2, 0.25) is 0 Å². The molecule has 2 atom stereocenters. The van der Waals surface area contributed by atoms with Crippen LogP contribution in [0.3, 0.4) is 0 Å². The number of carboxylic acid groups (broad SMARTS) is 1. The maximum Gasteiger partial charge on any atom is 0.330 e. The van der Waals surface area contributed by atoms with Crippen molar-refractivity contribution in [2.75, 3.05) is 6.61 Å². The molecule has 0 aromatic carbocycles. The van der Waals surface area contributed by atoms with E-state index in [2.05, 4.69) is 19.2 Å². The standard InChI is InChI=1S/C19H29NO4S/c1-6-9-13-12(7-2)10-14(25-13)16(21)20-19(17(22)23)11-15(24-8-3)18(19,4)5/h10,15H,6-9,11H2,1-5H3,(H,20,21)(H,22,23). The van der Waals surface area contributed by atoms with E-state index in [-0.39, 0.29) is 12.0 Å². The summed E-state index contributed by atoms with van der Waals surface area (Å²) in [6.07, 6.45) is 2.97. The highest BCUT2D eigenvalue weighted by molar-refractivity contribution is 7.14. The molecule has 1 fully saturated rings. The third kappa shape index (κ3) is 3.34. The van der Waals surface area contributed by atoms with Gasteiger partial charge < -0.3 is 15.2 Å². The maximum absolute atomic E-state index is 12.8.